The monoisotopic (exact) mass is 382 g/mol. The van der Waals surface area contributed by atoms with Crippen molar-refractivity contribution in [3.8, 4) is 11.3 Å². The van der Waals surface area contributed by atoms with Crippen molar-refractivity contribution in [1.82, 2.24) is 19.3 Å². The van der Waals surface area contributed by atoms with Crippen LogP contribution in [-0.2, 0) is 6.54 Å². The second-order valence-electron chi connectivity index (χ2n) is 5.86. The van der Waals surface area contributed by atoms with Crippen molar-refractivity contribution >= 4 is 33.8 Å². The first-order chi connectivity index (χ1) is 12.6. The van der Waals surface area contributed by atoms with Crippen LogP contribution in [0.4, 0.5) is 0 Å². The molecule has 26 heavy (non-hydrogen) atoms. The number of pyridine rings is 1. The third-order valence-corrected chi connectivity index (χ3v) is 5.22. The molecule has 1 amide bonds. The molecular weight excluding hydrogens is 368 g/mol. The van der Waals surface area contributed by atoms with Crippen LogP contribution < -0.4 is 0 Å². The van der Waals surface area contributed by atoms with E-state index in [0.717, 1.165) is 21.9 Å². The van der Waals surface area contributed by atoms with Crippen LogP contribution in [0.3, 0.4) is 0 Å². The largest absolute Gasteiger partial charge is 0.334 e. The van der Waals surface area contributed by atoms with Crippen molar-refractivity contribution in [3.05, 3.63) is 76.6 Å². The van der Waals surface area contributed by atoms with Crippen LogP contribution in [0.5, 0.6) is 0 Å². The summed E-state index contributed by atoms with van der Waals surface area (Å²) in [6, 6.07) is 13.2. The molecule has 0 saturated carbocycles. The van der Waals surface area contributed by atoms with Gasteiger partial charge in [0.25, 0.3) is 5.91 Å². The first kappa shape index (κ1) is 16.8. The lowest BCUT2D eigenvalue weighted by Gasteiger charge is -2.16. The van der Waals surface area contributed by atoms with Gasteiger partial charge in [0.15, 0.2) is 4.96 Å². The van der Waals surface area contributed by atoms with Gasteiger partial charge in [-0.05, 0) is 18.2 Å². The van der Waals surface area contributed by atoms with Crippen molar-refractivity contribution in [1.29, 1.82) is 0 Å². The van der Waals surface area contributed by atoms with Crippen molar-refractivity contribution in [2.75, 3.05) is 7.05 Å². The highest BCUT2D eigenvalue weighted by molar-refractivity contribution is 7.15. The lowest BCUT2D eigenvalue weighted by atomic mass is 10.2. The van der Waals surface area contributed by atoms with Gasteiger partial charge in [0.05, 0.1) is 23.0 Å². The van der Waals surface area contributed by atoms with Gasteiger partial charge in [-0.3, -0.25) is 14.2 Å². The topological polar surface area (TPSA) is 50.5 Å². The van der Waals surface area contributed by atoms with Gasteiger partial charge < -0.3 is 4.90 Å². The summed E-state index contributed by atoms with van der Waals surface area (Å²) in [6.45, 7) is 0.448. The van der Waals surface area contributed by atoms with E-state index in [2.05, 4.69) is 9.97 Å². The molecule has 0 N–H and O–H groups in total. The van der Waals surface area contributed by atoms with Gasteiger partial charge in [0.2, 0.25) is 0 Å². The van der Waals surface area contributed by atoms with Gasteiger partial charge in [-0.15, -0.1) is 11.3 Å². The third-order valence-electron chi connectivity index (χ3n) is 4.05. The van der Waals surface area contributed by atoms with Crippen molar-refractivity contribution in [2.45, 2.75) is 6.54 Å². The minimum atomic E-state index is -0.0787. The number of hydrogen-bond acceptors (Lipinski definition) is 4. The molecule has 0 aliphatic carbocycles. The van der Waals surface area contributed by atoms with E-state index in [-0.39, 0.29) is 5.91 Å². The zero-order valence-corrected chi connectivity index (χ0v) is 15.5. The molecule has 0 aliphatic rings. The molecule has 0 saturated heterocycles. The van der Waals surface area contributed by atoms with Crippen LogP contribution in [0, 0.1) is 0 Å². The summed E-state index contributed by atoms with van der Waals surface area (Å²) in [5.74, 6) is -0.0787. The Morgan fingerprint density at radius 2 is 2.04 bits per heavy atom. The Labute approximate surface area is 159 Å². The number of fused-ring (bicyclic) bond motifs is 1. The molecule has 0 aliphatic heterocycles. The predicted octanol–water partition coefficient (Wildman–Crippen LogP) is 4.38. The normalized spacial score (nSPS) is 11.0. The van der Waals surface area contributed by atoms with E-state index >= 15 is 0 Å². The number of thiazole rings is 1. The number of aromatic nitrogens is 3. The van der Waals surface area contributed by atoms with Gasteiger partial charge in [0.1, 0.15) is 5.69 Å². The molecule has 0 unspecified atom stereocenters. The molecule has 0 bridgehead atoms. The fraction of sp³-hybridized carbons (Fsp3) is 0.105. The van der Waals surface area contributed by atoms with Crippen LogP contribution in [-0.4, -0.2) is 32.2 Å². The Bertz CT molecular complexity index is 1070. The number of imidazole rings is 1. The highest BCUT2D eigenvalue weighted by Gasteiger charge is 2.19. The van der Waals surface area contributed by atoms with Gasteiger partial charge in [0, 0.05) is 30.4 Å². The number of carbonyl (C=O) groups excluding carboxylic acids is 1. The minimum Gasteiger partial charge on any atom is -0.334 e. The first-order valence-corrected chi connectivity index (χ1v) is 9.26. The fourth-order valence-corrected chi connectivity index (χ4v) is 3.82. The number of rotatable bonds is 4. The summed E-state index contributed by atoms with van der Waals surface area (Å²) in [7, 11) is 1.77. The van der Waals surface area contributed by atoms with E-state index in [1.807, 2.05) is 58.4 Å². The van der Waals surface area contributed by atoms with Crippen LogP contribution in [0.1, 0.15) is 16.2 Å². The molecule has 7 heteroatoms. The third kappa shape index (κ3) is 3.09. The minimum absolute atomic E-state index is 0.0787. The average Bonchev–Trinajstić information content (AvgIpc) is 3.23. The second kappa shape index (κ2) is 6.90. The molecule has 0 spiro atoms. The first-order valence-electron chi connectivity index (χ1n) is 8.00. The smallest absolute Gasteiger partial charge is 0.271 e. The molecule has 3 heterocycles. The maximum atomic E-state index is 12.9. The van der Waals surface area contributed by atoms with Crippen molar-refractivity contribution in [2.24, 2.45) is 0 Å². The molecule has 3 aromatic heterocycles. The van der Waals surface area contributed by atoms with Crippen LogP contribution in [0.2, 0.25) is 5.02 Å². The Hall–Kier alpha value is -2.70. The number of benzene rings is 1. The lowest BCUT2D eigenvalue weighted by Crippen LogP contribution is -2.27. The number of amides is 1. The molecular formula is C19H15ClN4OS. The number of hydrogen-bond donors (Lipinski definition) is 0. The number of halogens is 1. The molecule has 0 radical (unpaired) electrons. The Kier molecular flexibility index (Phi) is 4.44. The van der Waals surface area contributed by atoms with E-state index in [4.69, 9.17) is 11.6 Å². The van der Waals surface area contributed by atoms with Crippen LogP contribution >= 0.6 is 22.9 Å². The summed E-state index contributed by atoms with van der Waals surface area (Å²) >= 11 is 7.70. The van der Waals surface area contributed by atoms with Gasteiger partial charge in [-0.25, -0.2) is 4.98 Å². The quantitative estimate of drug-likeness (QED) is 0.526. The van der Waals surface area contributed by atoms with Crippen molar-refractivity contribution in [3.63, 3.8) is 0 Å². The van der Waals surface area contributed by atoms with Crippen molar-refractivity contribution < 1.29 is 4.79 Å². The Morgan fingerprint density at radius 1 is 1.23 bits per heavy atom. The predicted molar refractivity (Wildman–Crippen MR) is 104 cm³/mol. The summed E-state index contributed by atoms with van der Waals surface area (Å²) in [5, 5.41) is 2.47. The molecule has 4 rings (SSSR count). The summed E-state index contributed by atoms with van der Waals surface area (Å²) in [6.07, 6.45) is 3.58. The maximum absolute atomic E-state index is 12.9. The van der Waals surface area contributed by atoms with Crippen LogP contribution in [0.25, 0.3) is 16.2 Å². The highest BCUT2D eigenvalue weighted by Crippen LogP contribution is 2.29. The number of carbonyl (C=O) groups is 1. The van der Waals surface area contributed by atoms with E-state index in [9.17, 15) is 4.79 Å². The lowest BCUT2D eigenvalue weighted by molar-refractivity contribution is 0.0777. The molecule has 0 fully saturated rings. The molecule has 4 aromatic rings. The van der Waals surface area contributed by atoms with Gasteiger partial charge in [-0.2, -0.15) is 0 Å². The molecule has 0 atom stereocenters. The Morgan fingerprint density at radius 3 is 2.81 bits per heavy atom. The number of nitrogens with zero attached hydrogens (tertiary/aromatic N) is 4. The summed E-state index contributed by atoms with van der Waals surface area (Å²) in [4.78, 5) is 24.2. The summed E-state index contributed by atoms with van der Waals surface area (Å²) < 4.78 is 1.82. The molecule has 1 aromatic carbocycles. The van der Waals surface area contributed by atoms with E-state index < -0.39 is 0 Å². The van der Waals surface area contributed by atoms with Crippen LogP contribution in [0.15, 0.2) is 60.2 Å². The molecule has 130 valence electrons. The second-order valence-corrected chi connectivity index (χ2v) is 7.11. The van der Waals surface area contributed by atoms with E-state index in [0.29, 0.717) is 17.3 Å². The highest BCUT2D eigenvalue weighted by atomic mass is 35.5. The zero-order chi connectivity index (χ0) is 18.1. The maximum Gasteiger partial charge on any atom is 0.271 e. The fourth-order valence-electron chi connectivity index (χ4n) is 2.74. The summed E-state index contributed by atoms with van der Waals surface area (Å²) in [5.41, 5.74) is 3.03. The molecule has 5 nitrogen and oxygen atoms in total. The Balaban J connectivity index is 1.64. The standard InChI is InChI=1S/C19H15ClN4OS/c1-23(10-13-6-4-5-9-21-13)18(25)17-12-26-19-22-16(11-24(17)19)14-7-2-3-8-15(14)20/h2-9,11-12H,10H2,1H3. The average molecular weight is 383 g/mol. The zero-order valence-electron chi connectivity index (χ0n) is 14.0. The van der Waals surface area contributed by atoms with E-state index in [1.54, 1.807) is 18.1 Å². The van der Waals surface area contributed by atoms with Gasteiger partial charge in [-0.1, -0.05) is 35.9 Å². The SMILES string of the molecule is CN(Cc1ccccn1)C(=O)c1csc2nc(-c3ccccc3Cl)cn12. The van der Waals surface area contributed by atoms with E-state index in [1.165, 1.54) is 11.3 Å². The van der Waals surface area contributed by atoms with Gasteiger partial charge >= 0.3 is 0 Å².